The molecule has 7 nitrogen and oxygen atoms in total. The Hall–Kier alpha value is -1.75. The summed E-state index contributed by atoms with van der Waals surface area (Å²) in [4.78, 5) is 16.9. The lowest BCUT2D eigenvalue weighted by molar-refractivity contribution is 0.372. The zero-order valence-electron chi connectivity index (χ0n) is 19.1. The van der Waals surface area contributed by atoms with Gasteiger partial charge in [-0.1, -0.05) is 0 Å². The molecule has 176 valence electrons. The molecule has 0 amide bonds. The molecule has 2 fully saturated rings. The molecule has 0 spiro atoms. The van der Waals surface area contributed by atoms with Gasteiger partial charge in [-0.3, -0.25) is 4.99 Å². The molecule has 2 saturated heterocycles. The highest BCUT2D eigenvalue weighted by atomic mass is 127. The quantitative estimate of drug-likeness (QED) is 0.312. The molecule has 0 radical (unpaired) electrons. The summed E-state index contributed by atoms with van der Waals surface area (Å²) in [5, 5.41) is 6.85. The van der Waals surface area contributed by atoms with Crippen LogP contribution in [0, 0.1) is 0 Å². The number of piperazine rings is 1. The Morgan fingerprint density at radius 1 is 1.06 bits per heavy atom. The standard InChI is InChI=1S/C23H34N6OS.HI/c1-3-24-22(25-11-10-19-18-31-23(26-19)29-12-4-5-13-29)28-16-14-27(15-17-28)20-6-8-21(30-2)9-7-20;/h6-9,18H,3-5,10-17H2,1-2H3,(H,24,25);1H. The lowest BCUT2D eigenvalue weighted by Gasteiger charge is -2.37. The van der Waals surface area contributed by atoms with Crippen LogP contribution in [-0.4, -0.2) is 75.3 Å². The van der Waals surface area contributed by atoms with Crippen LogP contribution in [0.25, 0.3) is 0 Å². The van der Waals surface area contributed by atoms with E-state index in [-0.39, 0.29) is 24.0 Å². The van der Waals surface area contributed by atoms with Crippen LogP contribution in [-0.2, 0) is 6.42 Å². The Labute approximate surface area is 212 Å². The van der Waals surface area contributed by atoms with E-state index >= 15 is 0 Å². The maximum atomic E-state index is 5.27. The number of methoxy groups -OCH3 is 1. The van der Waals surface area contributed by atoms with Crippen molar-refractivity contribution in [2.45, 2.75) is 26.2 Å². The molecule has 9 heteroatoms. The molecule has 2 aromatic rings. The van der Waals surface area contributed by atoms with Crippen LogP contribution >= 0.6 is 35.3 Å². The third kappa shape index (κ3) is 6.40. The summed E-state index contributed by atoms with van der Waals surface area (Å²) in [6.07, 6.45) is 3.47. The van der Waals surface area contributed by atoms with Crippen LogP contribution in [0.1, 0.15) is 25.5 Å². The van der Waals surface area contributed by atoms with Gasteiger partial charge in [0.1, 0.15) is 5.75 Å². The van der Waals surface area contributed by atoms with Gasteiger partial charge in [0.2, 0.25) is 0 Å². The molecule has 0 atom stereocenters. The summed E-state index contributed by atoms with van der Waals surface area (Å²) in [6.45, 7) is 9.99. The molecular formula is C23H35IN6OS. The predicted molar refractivity (Wildman–Crippen MR) is 145 cm³/mol. The summed E-state index contributed by atoms with van der Waals surface area (Å²) in [5.74, 6) is 1.92. The lowest BCUT2D eigenvalue weighted by atomic mass is 10.2. The molecule has 32 heavy (non-hydrogen) atoms. The Bertz CT molecular complexity index is 844. The normalized spacial score (nSPS) is 16.8. The second kappa shape index (κ2) is 12.5. The number of nitrogens with one attached hydrogen (secondary N) is 1. The molecular weight excluding hydrogens is 535 g/mol. The fourth-order valence-electron chi connectivity index (χ4n) is 4.14. The van der Waals surface area contributed by atoms with E-state index in [1.165, 1.54) is 23.7 Å². The fraction of sp³-hybridized carbons (Fsp3) is 0.565. The minimum atomic E-state index is 0. The van der Waals surface area contributed by atoms with Gasteiger partial charge in [0.25, 0.3) is 0 Å². The van der Waals surface area contributed by atoms with Crippen LogP contribution in [0.4, 0.5) is 10.8 Å². The van der Waals surface area contributed by atoms with E-state index in [2.05, 4.69) is 44.5 Å². The number of anilines is 2. The van der Waals surface area contributed by atoms with Crippen molar-refractivity contribution in [3.8, 4) is 5.75 Å². The number of hydrogen-bond donors (Lipinski definition) is 1. The summed E-state index contributed by atoms with van der Waals surface area (Å²) in [5.41, 5.74) is 2.41. The Balaban J connectivity index is 0.00000289. The van der Waals surface area contributed by atoms with E-state index in [0.29, 0.717) is 0 Å². The predicted octanol–water partition coefficient (Wildman–Crippen LogP) is 3.70. The van der Waals surface area contributed by atoms with E-state index in [4.69, 9.17) is 14.7 Å². The second-order valence-corrected chi connectivity index (χ2v) is 8.81. The third-order valence-corrected chi connectivity index (χ3v) is 6.85. The van der Waals surface area contributed by atoms with Gasteiger partial charge < -0.3 is 24.8 Å². The van der Waals surface area contributed by atoms with Crippen LogP contribution in [0.5, 0.6) is 5.75 Å². The minimum absolute atomic E-state index is 0. The van der Waals surface area contributed by atoms with Gasteiger partial charge in [0.05, 0.1) is 12.8 Å². The molecule has 2 aliphatic heterocycles. The summed E-state index contributed by atoms with van der Waals surface area (Å²) in [7, 11) is 1.70. The van der Waals surface area contributed by atoms with E-state index in [1.54, 1.807) is 18.4 Å². The average molecular weight is 571 g/mol. The number of aromatic nitrogens is 1. The number of thiazole rings is 1. The molecule has 0 saturated carbocycles. The van der Waals surface area contributed by atoms with Crippen LogP contribution in [0.2, 0.25) is 0 Å². The summed E-state index contributed by atoms with van der Waals surface area (Å²) in [6, 6.07) is 8.33. The number of benzene rings is 1. The van der Waals surface area contributed by atoms with Gasteiger partial charge in [-0.2, -0.15) is 0 Å². The molecule has 1 N–H and O–H groups in total. The highest BCUT2D eigenvalue weighted by Crippen LogP contribution is 2.24. The SMILES string of the molecule is CCNC(=NCCc1csc(N2CCCC2)n1)N1CCN(c2ccc(OC)cc2)CC1.I. The van der Waals surface area contributed by atoms with E-state index in [0.717, 1.165) is 76.2 Å². The first-order chi connectivity index (χ1) is 15.3. The number of halogens is 1. The molecule has 3 heterocycles. The maximum Gasteiger partial charge on any atom is 0.194 e. The van der Waals surface area contributed by atoms with E-state index < -0.39 is 0 Å². The van der Waals surface area contributed by atoms with Crippen LogP contribution in [0.15, 0.2) is 34.6 Å². The highest BCUT2D eigenvalue weighted by Gasteiger charge is 2.20. The molecule has 0 aliphatic carbocycles. The molecule has 1 aromatic heterocycles. The number of nitrogens with zero attached hydrogens (tertiary/aromatic N) is 5. The summed E-state index contributed by atoms with van der Waals surface area (Å²) >= 11 is 1.77. The Morgan fingerprint density at radius 2 is 1.78 bits per heavy atom. The molecule has 4 rings (SSSR count). The van der Waals surface area contributed by atoms with Crippen molar-refractivity contribution in [2.24, 2.45) is 4.99 Å². The van der Waals surface area contributed by atoms with Crippen molar-refractivity contribution >= 4 is 52.1 Å². The number of hydrogen-bond acceptors (Lipinski definition) is 6. The Kier molecular flexibility index (Phi) is 9.70. The number of ether oxygens (including phenoxy) is 1. The first kappa shape index (κ1) is 24.9. The van der Waals surface area contributed by atoms with E-state index in [9.17, 15) is 0 Å². The smallest absolute Gasteiger partial charge is 0.194 e. The van der Waals surface area contributed by atoms with Gasteiger partial charge in [0.15, 0.2) is 11.1 Å². The van der Waals surface area contributed by atoms with Gasteiger partial charge in [-0.05, 0) is 44.0 Å². The fourth-order valence-corrected chi connectivity index (χ4v) is 5.05. The Morgan fingerprint density at radius 3 is 2.44 bits per heavy atom. The van der Waals surface area contributed by atoms with Crippen molar-refractivity contribution in [3.63, 3.8) is 0 Å². The number of aliphatic imine (C=N–C) groups is 1. The first-order valence-electron chi connectivity index (χ1n) is 11.4. The largest absolute Gasteiger partial charge is 0.497 e. The number of guanidine groups is 1. The van der Waals surface area contributed by atoms with Crippen molar-refractivity contribution < 1.29 is 4.74 Å². The average Bonchev–Trinajstić information content (AvgIpc) is 3.51. The van der Waals surface area contributed by atoms with Gasteiger partial charge >= 0.3 is 0 Å². The molecule has 0 bridgehead atoms. The van der Waals surface area contributed by atoms with E-state index in [1.807, 2.05) is 12.1 Å². The first-order valence-corrected chi connectivity index (χ1v) is 12.3. The van der Waals surface area contributed by atoms with Crippen molar-refractivity contribution in [1.82, 2.24) is 15.2 Å². The maximum absolute atomic E-state index is 5.27. The zero-order chi connectivity index (χ0) is 21.5. The second-order valence-electron chi connectivity index (χ2n) is 7.97. The number of rotatable bonds is 7. The topological polar surface area (TPSA) is 56.2 Å². The van der Waals surface area contributed by atoms with Crippen molar-refractivity contribution in [1.29, 1.82) is 0 Å². The third-order valence-electron chi connectivity index (χ3n) is 5.90. The van der Waals surface area contributed by atoms with Crippen LogP contribution < -0.4 is 19.9 Å². The van der Waals surface area contributed by atoms with Crippen LogP contribution in [0.3, 0.4) is 0 Å². The highest BCUT2D eigenvalue weighted by molar-refractivity contribution is 14.0. The minimum Gasteiger partial charge on any atom is -0.497 e. The zero-order valence-corrected chi connectivity index (χ0v) is 22.3. The van der Waals surface area contributed by atoms with Gasteiger partial charge in [0, 0.05) is 69.8 Å². The summed E-state index contributed by atoms with van der Waals surface area (Å²) < 4.78 is 5.27. The monoisotopic (exact) mass is 570 g/mol. The van der Waals surface area contributed by atoms with Crippen molar-refractivity contribution in [2.75, 3.05) is 69.3 Å². The molecule has 0 unspecified atom stereocenters. The van der Waals surface area contributed by atoms with Gasteiger partial charge in [-0.15, -0.1) is 35.3 Å². The van der Waals surface area contributed by atoms with Gasteiger partial charge in [-0.25, -0.2) is 4.98 Å². The lowest BCUT2D eigenvalue weighted by Crippen LogP contribution is -2.52. The van der Waals surface area contributed by atoms with Crippen molar-refractivity contribution in [3.05, 3.63) is 35.3 Å². The molecule has 2 aliphatic rings. The molecule has 1 aromatic carbocycles.